The second-order valence-corrected chi connectivity index (χ2v) is 9.22. The highest BCUT2D eigenvalue weighted by Crippen LogP contribution is 2.45. The van der Waals surface area contributed by atoms with Crippen LogP contribution in [-0.4, -0.2) is 29.1 Å². The third kappa shape index (κ3) is 3.81. The maximum absolute atomic E-state index is 14.0. The lowest BCUT2D eigenvalue weighted by Crippen LogP contribution is -2.50. The molecule has 3 nitrogen and oxygen atoms in total. The summed E-state index contributed by atoms with van der Waals surface area (Å²) in [5, 5.41) is 0. The van der Waals surface area contributed by atoms with Crippen molar-refractivity contribution in [1.82, 2.24) is 0 Å². The van der Waals surface area contributed by atoms with Crippen LogP contribution in [0.1, 0.15) is 51.0 Å². The summed E-state index contributed by atoms with van der Waals surface area (Å²) in [5.74, 6) is -10.2. The maximum Gasteiger partial charge on any atom is 0.503 e. The van der Waals surface area contributed by atoms with Gasteiger partial charge in [-0.2, -0.15) is 0 Å². The molecule has 0 saturated heterocycles. The van der Waals surface area contributed by atoms with Crippen LogP contribution in [0, 0.1) is 29.1 Å². The van der Waals surface area contributed by atoms with Crippen molar-refractivity contribution in [2.75, 3.05) is 20.3 Å². The average Bonchev–Trinajstić information content (AvgIpc) is 2.65. The first-order valence-corrected chi connectivity index (χ1v) is 10.5. The maximum atomic E-state index is 14.0. The third-order valence-electron chi connectivity index (χ3n) is 4.85. The summed E-state index contributed by atoms with van der Waals surface area (Å²) in [7, 11) is -1.45. The minimum absolute atomic E-state index is 0.0788. The molecule has 0 N–H and O–H groups in total. The quantitative estimate of drug-likeness (QED) is 0.278. The van der Waals surface area contributed by atoms with Gasteiger partial charge in [-0.05, 0) is 45.4 Å². The predicted octanol–water partition coefficient (Wildman–Crippen LogP) is 5.07. The molecule has 9 heteroatoms. The van der Waals surface area contributed by atoms with Crippen LogP contribution < -0.4 is 0 Å². The van der Waals surface area contributed by atoms with E-state index in [0.29, 0.717) is 26.1 Å². The Kier molecular flexibility index (Phi) is 7.17. The molecular weight excluding hydrogens is 375 g/mol. The van der Waals surface area contributed by atoms with Crippen LogP contribution >= 0.6 is 0 Å². The van der Waals surface area contributed by atoms with E-state index in [0.717, 1.165) is 0 Å². The van der Waals surface area contributed by atoms with Gasteiger partial charge < -0.3 is 13.3 Å². The zero-order chi connectivity index (χ0) is 19.5. The summed E-state index contributed by atoms with van der Waals surface area (Å²) in [6, 6.07) is 0. The van der Waals surface area contributed by atoms with Gasteiger partial charge in [0.05, 0.1) is 0 Å². The topological polar surface area (TPSA) is 27.7 Å². The molecule has 1 aromatic rings. The number of hydrogen-bond donors (Lipinski definition) is 0. The molecule has 1 aliphatic rings. The SMILES string of the molecule is CCO[Si](OC)(OCC)C1CCC(c2c(F)c(F)c(F)c(F)c2F)CC1. The molecule has 148 valence electrons. The smallest absolute Gasteiger partial charge is 0.377 e. The highest BCUT2D eigenvalue weighted by molar-refractivity contribution is 6.62. The van der Waals surface area contributed by atoms with Crippen molar-refractivity contribution in [1.29, 1.82) is 0 Å². The summed E-state index contributed by atoms with van der Waals surface area (Å²) < 4.78 is 85.4. The molecule has 0 unspecified atom stereocenters. The zero-order valence-electron chi connectivity index (χ0n) is 15.0. The van der Waals surface area contributed by atoms with Crippen LogP contribution in [0.4, 0.5) is 22.0 Å². The van der Waals surface area contributed by atoms with E-state index in [1.807, 2.05) is 13.8 Å². The molecule has 0 amide bonds. The fourth-order valence-corrected chi connectivity index (χ4v) is 6.65. The molecule has 0 spiro atoms. The van der Waals surface area contributed by atoms with Gasteiger partial charge in [0.25, 0.3) is 0 Å². The van der Waals surface area contributed by atoms with E-state index < -0.39 is 49.4 Å². The van der Waals surface area contributed by atoms with E-state index in [4.69, 9.17) is 13.3 Å². The minimum Gasteiger partial charge on any atom is -0.377 e. The van der Waals surface area contributed by atoms with Crippen LogP contribution in [0.3, 0.4) is 0 Å². The Morgan fingerprint density at radius 1 is 0.769 bits per heavy atom. The van der Waals surface area contributed by atoms with Crippen molar-refractivity contribution in [3.05, 3.63) is 34.6 Å². The highest BCUT2D eigenvalue weighted by Gasteiger charge is 2.50. The molecule has 2 rings (SSSR count). The molecule has 0 atom stereocenters. The van der Waals surface area contributed by atoms with Gasteiger partial charge in [-0.15, -0.1) is 0 Å². The summed E-state index contributed by atoms with van der Waals surface area (Å²) in [6.45, 7) is 4.44. The Bertz CT molecular complexity index is 600. The van der Waals surface area contributed by atoms with E-state index in [-0.39, 0.29) is 18.4 Å². The van der Waals surface area contributed by atoms with Gasteiger partial charge >= 0.3 is 8.80 Å². The summed E-state index contributed by atoms with van der Waals surface area (Å²) in [6.07, 6.45) is 1.46. The second-order valence-electron chi connectivity index (χ2n) is 6.21. The minimum atomic E-state index is -2.95. The van der Waals surface area contributed by atoms with E-state index in [1.54, 1.807) is 0 Å². The lowest BCUT2D eigenvalue weighted by molar-refractivity contribution is 0.0695. The molecule has 1 fully saturated rings. The van der Waals surface area contributed by atoms with Gasteiger partial charge in [0.2, 0.25) is 5.82 Å². The van der Waals surface area contributed by atoms with Gasteiger partial charge in [-0.3, -0.25) is 0 Å². The first kappa shape index (κ1) is 21.3. The predicted molar refractivity (Wildman–Crippen MR) is 87.2 cm³/mol. The normalized spacial score (nSPS) is 21.2. The fourth-order valence-electron chi connectivity index (χ4n) is 3.68. The Balaban J connectivity index is 2.23. The monoisotopic (exact) mass is 398 g/mol. The molecule has 0 aromatic heterocycles. The lowest BCUT2D eigenvalue weighted by Gasteiger charge is -2.38. The number of halogens is 5. The Hall–Kier alpha value is -1.03. The first-order valence-electron chi connectivity index (χ1n) is 8.67. The second kappa shape index (κ2) is 8.77. The van der Waals surface area contributed by atoms with Crippen molar-refractivity contribution in [2.45, 2.75) is 51.0 Å². The van der Waals surface area contributed by atoms with Gasteiger partial charge in [-0.25, -0.2) is 22.0 Å². The van der Waals surface area contributed by atoms with Gasteiger partial charge in [-0.1, -0.05) is 0 Å². The van der Waals surface area contributed by atoms with E-state index in [9.17, 15) is 22.0 Å². The van der Waals surface area contributed by atoms with E-state index in [1.165, 1.54) is 7.11 Å². The summed E-state index contributed by atoms with van der Waals surface area (Å²) >= 11 is 0. The van der Waals surface area contributed by atoms with Crippen molar-refractivity contribution in [3.8, 4) is 0 Å². The average molecular weight is 398 g/mol. The zero-order valence-corrected chi connectivity index (χ0v) is 16.0. The van der Waals surface area contributed by atoms with Crippen molar-refractivity contribution >= 4 is 8.80 Å². The van der Waals surface area contributed by atoms with Gasteiger partial charge in [0, 0.05) is 31.4 Å². The number of rotatable bonds is 7. The summed E-state index contributed by atoms with van der Waals surface area (Å²) in [5.41, 5.74) is -0.803. The standard InChI is InChI=1S/C17H23F5O3Si/c1-4-24-26(23-3,25-5-2)11-8-6-10(7-9-11)12-13(18)15(20)17(22)16(21)14(12)19/h10-11H,4-9H2,1-3H3. The third-order valence-corrected chi connectivity index (χ3v) is 8.38. The van der Waals surface area contributed by atoms with Gasteiger partial charge in [0.1, 0.15) is 0 Å². The van der Waals surface area contributed by atoms with Crippen LogP contribution in [-0.2, 0) is 13.3 Å². The first-order chi connectivity index (χ1) is 12.3. The van der Waals surface area contributed by atoms with Crippen LogP contribution in [0.5, 0.6) is 0 Å². The number of hydrogen-bond acceptors (Lipinski definition) is 3. The molecule has 0 aliphatic heterocycles. The Labute approximate surface area is 150 Å². The van der Waals surface area contributed by atoms with E-state index >= 15 is 0 Å². The van der Waals surface area contributed by atoms with Crippen LogP contribution in [0.15, 0.2) is 0 Å². The van der Waals surface area contributed by atoms with Crippen molar-refractivity contribution < 1.29 is 35.2 Å². The van der Waals surface area contributed by atoms with Gasteiger partial charge in [0.15, 0.2) is 23.3 Å². The molecular formula is C17H23F5O3Si. The molecule has 0 radical (unpaired) electrons. The lowest BCUT2D eigenvalue weighted by atomic mass is 9.83. The Morgan fingerprint density at radius 3 is 1.58 bits per heavy atom. The molecule has 1 aliphatic carbocycles. The summed E-state index contributed by atoms with van der Waals surface area (Å²) in [4.78, 5) is 0. The number of benzene rings is 1. The van der Waals surface area contributed by atoms with Crippen molar-refractivity contribution in [3.63, 3.8) is 0 Å². The largest absolute Gasteiger partial charge is 0.503 e. The highest BCUT2D eigenvalue weighted by atomic mass is 28.4. The molecule has 0 bridgehead atoms. The molecule has 0 heterocycles. The van der Waals surface area contributed by atoms with E-state index in [2.05, 4.69) is 0 Å². The Morgan fingerprint density at radius 2 is 1.19 bits per heavy atom. The van der Waals surface area contributed by atoms with Crippen LogP contribution in [0.2, 0.25) is 5.54 Å². The van der Waals surface area contributed by atoms with Crippen molar-refractivity contribution in [2.24, 2.45) is 0 Å². The molecule has 1 saturated carbocycles. The molecule has 26 heavy (non-hydrogen) atoms. The van der Waals surface area contributed by atoms with Crippen LogP contribution in [0.25, 0.3) is 0 Å². The fraction of sp³-hybridized carbons (Fsp3) is 0.647. The molecule has 1 aromatic carbocycles.